The largest absolute Gasteiger partial charge is 0.394 e. The quantitative estimate of drug-likeness (QED) is 0.826. The van der Waals surface area contributed by atoms with Gasteiger partial charge in [0.2, 0.25) is 0 Å². The highest BCUT2D eigenvalue weighted by atomic mass is 35.5. The van der Waals surface area contributed by atoms with Crippen molar-refractivity contribution in [3.05, 3.63) is 28.2 Å². The van der Waals surface area contributed by atoms with Crippen LogP contribution in [0.3, 0.4) is 0 Å². The molecule has 14 heavy (non-hydrogen) atoms. The van der Waals surface area contributed by atoms with Gasteiger partial charge in [0.05, 0.1) is 28.4 Å². The summed E-state index contributed by atoms with van der Waals surface area (Å²) in [5.74, 6) is 0. The SMILES string of the molecule is NC(CO)c1cc2ncsc2cc1Cl. The van der Waals surface area contributed by atoms with Crippen LogP contribution in [0.15, 0.2) is 17.6 Å². The number of halogens is 1. The number of nitrogens with two attached hydrogens (primary N) is 1. The molecule has 0 aliphatic heterocycles. The molecule has 0 fully saturated rings. The Morgan fingerprint density at radius 2 is 2.36 bits per heavy atom. The van der Waals surface area contributed by atoms with E-state index >= 15 is 0 Å². The van der Waals surface area contributed by atoms with Crippen molar-refractivity contribution in [2.45, 2.75) is 6.04 Å². The van der Waals surface area contributed by atoms with E-state index in [1.807, 2.05) is 12.1 Å². The van der Waals surface area contributed by atoms with Crippen molar-refractivity contribution in [2.24, 2.45) is 5.73 Å². The third kappa shape index (κ3) is 1.62. The Kier molecular flexibility index (Phi) is 2.69. The average molecular weight is 229 g/mol. The highest BCUT2D eigenvalue weighted by molar-refractivity contribution is 7.16. The zero-order valence-corrected chi connectivity index (χ0v) is 8.85. The van der Waals surface area contributed by atoms with E-state index in [0.717, 1.165) is 15.8 Å². The third-order valence-electron chi connectivity index (χ3n) is 2.05. The smallest absolute Gasteiger partial charge is 0.0816 e. The molecule has 3 nitrogen and oxygen atoms in total. The van der Waals surface area contributed by atoms with Crippen LogP contribution in [0, 0.1) is 0 Å². The number of thiazole rings is 1. The van der Waals surface area contributed by atoms with Crippen molar-refractivity contribution in [3.63, 3.8) is 0 Å². The molecular formula is C9H9ClN2OS. The van der Waals surface area contributed by atoms with Crippen LogP contribution in [0.5, 0.6) is 0 Å². The Bertz CT molecular complexity index is 457. The van der Waals surface area contributed by atoms with E-state index in [9.17, 15) is 0 Å². The van der Waals surface area contributed by atoms with Crippen LogP contribution < -0.4 is 5.73 Å². The van der Waals surface area contributed by atoms with Crippen LogP contribution in [0.1, 0.15) is 11.6 Å². The zero-order valence-electron chi connectivity index (χ0n) is 7.27. The number of hydrogen-bond donors (Lipinski definition) is 2. The first-order valence-electron chi connectivity index (χ1n) is 4.11. The van der Waals surface area contributed by atoms with Gasteiger partial charge in [-0.2, -0.15) is 0 Å². The fourth-order valence-electron chi connectivity index (χ4n) is 1.28. The van der Waals surface area contributed by atoms with E-state index in [1.165, 1.54) is 11.3 Å². The molecule has 0 aliphatic rings. The van der Waals surface area contributed by atoms with Crippen molar-refractivity contribution in [2.75, 3.05) is 6.61 Å². The van der Waals surface area contributed by atoms with Gasteiger partial charge in [0.1, 0.15) is 0 Å². The van der Waals surface area contributed by atoms with E-state index in [1.54, 1.807) is 5.51 Å². The third-order valence-corrected chi connectivity index (χ3v) is 3.16. The van der Waals surface area contributed by atoms with Crippen molar-refractivity contribution < 1.29 is 5.11 Å². The van der Waals surface area contributed by atoms with Gasteiger partial charge in [0, 0.05) is 5.02 Å². The van der Waals surface area contributed by atoms with Gasteiger partial charge in [-0.3, -0.25) is 0 Å². The lowest BCUT2D eigenvalue weighted by Crippen LogP contribution is -2.14. The molecule has 1 unspecified atom stereocenters. The number of aliphatic hydroxyl groups excluding tert-OH is 1. The minimum Gasteiger partial charge on any atom is -0.394 e. The van der Waals surface area contributed by atoms with Crippen molar-refractivity contribution in [1.29, 1.82) is 0 Å². The molecule has 0 saturated carbocycles. The maximum atomic E-state index is 8.93. The molecule has 1 aromatic carbocycles. The van der Waals surface area contributed by atoms with Gasteiger partial charge in [-0.25, -0.2) is 4.98 Å². The average Bonchev–Trinajstić information content (AvgIpc) is 2.62. The number of aliphatic hydroxyl groups is 1. The minimum absolute atomic E-state index is 0.116. The summed E-state index contributed by atoms with van der Waals surface area (Å²) < 4.78 is 1.03. The van der Waals surface area contributed by atoms with Crippen molar-refractivity contribution in [1.82, 2.24) is 4.98 Å². The summed E-state index contributed by atoms with van der Waals surface area (Å²) in [4.78, 5) is 4.16. The molecule has 2 aromatic rings. The summed E-state index contributed by atoms with van der Waals surface area (Å²) in [6.07, 6.45) is 0. The van der Waals surface area contributed by atoms with Gasteiger partial charge in [-0.15, -0.1) is 11.3 Å². The predicted octanol–water partition coefficient (Wildman–Crippen LogP) is 1.94. The highest BCUT2D eigenvalue weighted by Gasteiger charge is 2.11. The summed E-state index contributed by atoms with van der Waals surface area (Å²) in [7, 11) is 0. The van der Waals surface area contributed by atoms with E-state index in [-0.39, 0.29) is 6.61 Å². The number of benzene rings is 1. The molecule has 0 radical (unpaired) electrons. The van der Waals surface area contributed by atoms with Crippen molar-refractivity contribution >= 4 is 33.2 Å². The van der Waals surface area contributed by atoms with Gasteiger partial charge < -0.3 is 10.8 Å². The van der Waals surface area contributed by atoms with Crippen LogP contribution in [-0.2, 0) is 0 Å². The molecule has 3 N–H and O–H groups in total. The maximum Gasteiger partial charge on any atom is 0.0816 e. The number of aromatic nitrogens is 1. The van der Waals surface area contributed by atoms with Gasteiger partial charge in [-0.05, 0) is 17.7 Å². The lowest BCUT2D eigenvalue weighted by molar-refractivity contribution is 0.268. The van der Waals surface area contributed by atoms with Crippen LogP contribution in [0.25, 0.3) is 10.2 Å². The number of hydrogen-bond acceptors (Lipinski definition) is 4. The Labute approximate surface area is 90.1 Å². The fraction of sp³-hybridized carbons (Fsp3) is 0.222. The lowest BCUT2D eigenvalue weighted by atomic mass is 10.1. The van der Waals surface area contributed by atoms with Crippen molar-refractivity contribution in [3.8, 4) is 0 Å². The molecule has 0 aliphatic carbocycles. The van der Waals surface area contributed by atoms with E-state index < -0.39 is 6.04 Å². The second-order valence-electron chi connectivity index (χ2n) is 2.98. The molecule has 2 rings (SSSR count). The first-order chi connectivity index (χ1) is 6.72. The topological polar surface area (TPSA) is 59.1 Å². The Hall–Kier alpha value is -0.680. The van der Waals surface area contributed by atoms with Gasteiger partial charge >= 0.3 is 0 Å². The molecule has 1 heterocycles. The molecule has 1 atom stereocenters. The summed E-state index contributed by atoms with van der Waals surface area (Å²) >= 11 is 7.55. The molecule has 1 aromatic heterocycles. The molecule has 0 amide bonds. The highest BCUT2D eigenvalue weighted by Crippen LogP contribution is 2.28. The first-order valence-corrected chi connectivity index (χ1v) is 5.37. The maximum absolute atomic E-state index is 8.93. The molecule has 0 spiro atoms. The van der Waals surface area contributed by atoms with Crippen LogP contribution in [0.2, 0.25) is 5.02 Å². The van der Waals surface area contributed by atoms with Gasteiger partial charge in [-0.1, -0.05) is 11.6 Å². The summed E-state index contributed by atoms with van der Waals surface area (Å²) in [6.45, 7) is -0.116. The summed E-state index contributed by atoms with van der Waals surface area (Å²) in [6, 6.07) is 3.22. The fourth-order valence-corrected chi connectivity index (χ4v) is 2.34. The zero-order chi connectivity index (χ0) is 10.1. The summed E-state index contributed by atoms with van der Waals surface area (Å²) in [5, 5.41) is 9.52. The first kappa shape index (κ1) is 9.86. The standard InChI is InChI=1S/C9H9ClN2OS/c10-6-2-9-8(12-4-14-9)1-5(6)7(11)3-13/h1-2,4,7,13H,3,11H2. The molecule has 5 heteroatoms. The van der Waals surface area contributed by atoms with E-state index in [2.05, 4.69) is 4.98 Å². The van der Waals surface area contributed by atoms with E-state index in [0.29, 0.717) is 5.02 Å². The monoisotopic (exact) mass is 228 g/mol. The number of nitrogens with zero attached hydrogens (tertiary/aromatic N) is 1. The Morgan fingerprint density at radius 1 is 1.57 bits per heavy atom. The van der Waals surface area contributed by atoms with Crippen LogP contribution in [0.4, 0.5) is 0 Å². The number of rotatable bonds is 2. The summed E-state index contributed by atoms with van der Waals surface area (Å²) in [5.41, 5.74) is 9.07. The second-order valence-corrected chi connectivity index (χ2v) is 4.28. The molecule has 74 valence electrons. The molecule has 0 saturated heterocycles. The Morgan fingerprint density at radius 3 is 3.07 bits per heavy atom. The lowest BCUT2D eigenvalue weighted by Gasteiger charge is -2.10. The Balaban J connectivity index is 2.58. The van der Waals surface area contributed by atoms with Gasteiger partial charge in [0.15, 0.2) is 0 Å². The molecule has 0 bridgehead atoms. The predicted molar refractivity (Wildman–Crippen MR) is 58.6 cm³/mol. The van der Waals surface area contributed by atoms with E-state index in [4.69, 9.17) is 22.4 Å². The number of fused-ring (bicyclic) bond motifs is 1. The van der Waals surface area contributed by atoms with Crippen LogP contribution in [-0.4, -0.2) is 16.7 Å². The minimum atomic E-state index is -0.436. The molecular weight excluding hydrogens is 220 g/mol. The normalized spacial score (nSPS) is 13.4. The van der Waals surface area contributed by atoms with Gasteiger partial charge in [0.25, 0.3) is 0 Å². The van der Waals surface area contributed by atoms with Crippen LogP contribution >= 0.6 is 22.9 Å². The second kappa shape index (κ2) is 3.82.